The van der Waals surface area contributed by atoms with Gasteiger partial charge in [-0.15, -0.1) is 10.2 Å². The van der Waals surface area contributed by atoms with Crippen LogP contribution in [0.25, 0.3) is 11.5 Å². The van der Waals surface area contributed by atoms with Gasteiger partial charge in [0, 0.05) is 19.2 Å². The van der Waals surface area contributed by atoms with Gasteiger partial charge in [0.25, 0.3) is 11.5 Å². The Hall–Kier alpha value is -3.00. The maximum atomic E-state index is 12.8. The van der Waals surface area contributed by atoms with Crippen molar-refractivity contribution in [2.45, 2.75) is 26.4 Å². The lowest BCUT2D eigenvalue weighted by Crippen LogP contribution is -2.38. The number of amides is 1. The predicted molar refractivity (Wildman–Crippen MR) is 99.2 cm³/mol. The molecule has 0 spiro atoms. The predicted octanol–water partition coefficient (Wildman–Crippen LogP) is 2.53. The number of hydrogen-bond donors (Lipinski definition) is 0. The smallest absolute Gasteiger partial charge is 0.274 e. The second kappa shape index (κ2) is 7.71. The van der Waals surface area contributed by atoms with Crippen molar-refractivity contribution in [1.29, 1.82) is 0 Å². The summed E-state index contributed by atoms with van der Waals surface area (Å²) in [5.74, 6) is 0.224. The summed E-state index contributed by atoms with van der Waals surface area (Å²) in [7, 11) is 1.49. The van der Waals surface area contributed by atoms with Crippen molar-refractivity contribution < 1.29 is 9.21 Å². The Kier molecular flexibility index (Phi) is 5.36. The van der Waals surface area contributed by atoms with Gasteiger partial charge in [-0.05, 0) is 32.0 Å². The summed E-state index contributed by atoms with van der Waals surface area (Å²) >= 11 is 6.15. The molecule has 27 heavy (non-hydrogen) atoms. The number of carbonyl (C=O) groups is 1. The molecule has 0 unspecified atom stereocenters. The van der Waals surface area contributed by atoms with Crippen molar-refractivity contribution in [3.8, 4) is 11.5 Å². The minimum atomic E-state index is -0.335. The number of aromatic nitrogens is 4. The standard InChI is InChI=1S/C18H18ClN5O3/c1-11(2)24(18(26)14-8-9-16(25)23(3)22-14)10-15-20-21-17(27-15)12-6-4-5-7-13(12)19/h4-9,11H,10H2,1-3H3. The fraction of sp³-hybridized carbons (Fsp3) is 0.278. The lowest BCUT2D eigenvalue weighted by atomic mass is 10.2. The van der Waals surface area contributed by atoms with Crippen LogP contribution in [0.2, 0.25) is 5.02 Å². The van der Waals surface area contributed by atoms with Crippen LogP contribution in [-0.4, -0.2) is 36.8 Å². The van der Waals surface area contributed by atoms with E-state index < -0.39 is 0 Å². The maximum Gasteiger partial charge on any atom is 0.274 e. The Labute approximate surface area is 160 Å². The molecule has 0 N–H and O–H groups in total. The summed E-state index contributed by atoms with van der Waals surface area (Å²) in [5.41, 5.74) is 0.501. The summed E-state index contributed by atoms with van der Waals surface area (Å²) < 4.78 is 6.80. The third-order valence-electron chi connectivity index (χ3n) is 3.94. The number of nitrogens with zero attached hydrogens (tertiary/aromatic N) is 5. The summed E-state index contributed by atoms with van der Waals surface area (Å²) in [5, 5.41) is 12.5. The minimum Gasteiger partial charge on any atom is -0.419 e. The lowest BCUT2D eigenvalue weighted by Gasteiger charge is -2.24. The maximum absolute atomic E-state index is 12.8. The van der Waals surface area contributed by atoms with Crippen LogP contribution < -0.4 is 5.56 Å². The number of benzene rings is 1. The first-order valence-corrected chi connectivity index (χ1v) is 8.67. The zero-order valence-corrected chi connectivity index (χ0v) is 15.8. The molecule has 3 aromatic rings. The molecule has 0 saturated carbocycles. The summed E-state index contributed by atoms with van der Waals surface area (Å²) in [4.78, 5) is 25.8. The van der Waals surface area contributed by atoms with Gasteiger partial charge in [0.1, 0.15) is 5.69 Å². The van der Waals surface area contributed by atoms with Crippen LogP contribution in [0.4, 0.5) is 0 Å². The number of hydrogen-bond acceptors (Lipinski definition) is 6. The molecule has 0 fully saturated rings. The number of halogens is 1. The van der Waals surface area contributed by atoms with E-state index in [-0.39, 0.29) is 41.5 Å². The number of carbonyl (C=O) groups excluding carboxylic acids is 1. The van der Waals surface area contributed by atoms with E-state index in [1.54, 1.807) is 12.1 Å². The fourth-order valence-corrected chi connectivity index (χ4v) is 2.68. The second-order valence-corrected chi connectivity index (χ2v) is 6.60. The molecule has 0 bridgehead atoms. The van der Waals surface area contributed by atoms with E-state index in [9.17, 15) is 9.59 Å². The Morgan fingerprint density at radius 3 is 2.63 bits per heavy atom. The highest BCUT2D eigenvalue weighted by molar-refractivity contribution is 6.33. The Morgan fingerprint density at radius 2 is 1.96 bits per heavy atom. The number of aryl methyl sites for hydroxylation is 1. The van der Waals surface area contributed by atoms with E-state index in [0.29, 0.717) is 10.6 Å². The van der Waals surface area contributed by atoms with Gasteiger partial charge in [0.05, 0.1) is 17.1 Å². The van der Waals surface area contributed by atoms with Crippen molar-refractivity contribution >= 4 is 17.5 Å². The second-order valence-electron chi connectivity index (χ2n) is 6.19. The van der Waals surface area contributed by atoms with Gasteiger partial charge < -0.3 is 9.32 Å². The van der Waals surface area contributed by atoms with Gasteiger partial charge in [-0.1, -0.05) is 23.7 Å². The van der Waals surface area contributed by atoms with Gasteiger partial charge in [0.15, 0.2) is 0 Å². The van der Waals surface area contributed by atoms with Crippen LogP contribution in [0.5, 0.6) is 0 Å². The average Bonchev–Trinajstić information content (AvgIpc) is 3.10. The molecule has 1 aromatic carbocycles. The molecule has 9 heteroatoms. The van der Waals surface area contributed by atoms with E-state index in [4.69, 9.17) is 16.0 Å². The van der Waals surface area contributed by atoms with E-state index in [1.165, 1.54) is 24.1 Å². The van der Waals surface area contributed by atoms with Crippen molar-refractivity contribution in [3.63, 3.8) is 0 Å². The molecule has 0 radical (unpaired) electrons. The molecule has 140 valence electrons. The van der Waals surface area contributed by atoms with E-state index >= 15 is 0 Å². The molecular formula is C18H18ClN5O3. The van der Waals surface area contributed by atoms with Crippen molar-refractivity contribution in [2.75, 3.05) is 0 Å². The first-order chi connectivity index (χ1) is 12.9. The molecular weight excluding hydrogens is 370 g/mol. The molecule has 0 aliphatic rings. The monoisotopic (exact) mass is 387 g/mol. The molecule has 2 heterocycles. The van der Waals surface area contributed by atoms with Crippen molar-refractivity contribution in [3.05, 3.63) is 63.4 Å². The lowest BCUT2D eigenvalue weighted by molar-refractivity contribution is 0.0663. The van der Waals surface area contributed by atoms with Crippen molar-refractivity contribution in [1.82, 2.24) is 24.9 Å². The van der Waals surface area contributed by atoms with E-state index in [2.05, 4.69) is 15.3 Å². The van der Waals surface area contributed by atoms with E-state index in [0.717, 1.165) is 4.68 Å². The third kappa shape index (κ3) is 4.06. The molecule has 1 amide bonds. The first-order valence-electron chi connectivity index (χ1n) is 8.29. The van der Waals surface area contributed by atoms with Crippen LogP contribution in [0.15, 0.2) is 45.6 Å². The average molecular weight is 388 g/mol. The summed E-state index contributed by atoms with van der Waals surface area (Å²) in [6.45, 7) is 3.84. The Balaban J connectivity index is 1.85. The van der Waals surface area contributed by atoms with Gasteiger partial charge >= 0.3 is 0 Å². The van der Waals surface area contributed by atoms with Crippen LogP contribution in [0.1, 0.15) is 30.2 Å². The molecule has 2 aromatic heterocycles. The van der Waals surface area contributed by atoms with Gasteiger partial charge in [0.2, 0.25) is 11.8 Å². The topological polar surface area (TPSA) is 94.1 Å². The molecule has 0 aliphatic heterocycles. The van der Waals surface area contributed by atoms with Crippen LogP contribution in [0, 0.1) is 0 Å². The zero-order valence-electron chi connectivity index (χ0n) is 15.1. The van der Waals surface area contributed by atoms with E-state index in [1.807, 2.05) is 26.0 Å². The first kappa shape index (κ1) is 18.8. The van der Waals surface area contributed by atoms with Gasteiger partial charge in [-0.2, -0.15) is 5.10 Å². The highest BCUT2D eigenvalue weighted by Gasteiger charge is 2.23. The van der Waals surface area contributed by atoms with Gasteiger partial charge in [-0.3, -0.25) is 9.59 Å². The molecule has 0 saturated heterocycles. The van der Waals surface area contributed by atoms with Crippen LogP contribution >= 0.6 is 11.6 Å². The quantitative estimate of drug-likeness (QED) is 0.667. The minimum absolute atomic E-state index is 0.110. The molecule has 8 nitrogen and oxygen atoms in total. The van der Waals surface area contributed by atoms with Crippen LogP contribution in [0.3, 0.4) is 0 Å². The van der Waals surface area contributed by atoms with Crippen LogP contribution in [-0.2, 0) is 13.6 Å². The summed E-state index contributed by atoms with van der Waals surface area (Å²) in [6, 6.07) is 9.70. The Morgan fingerprint density at radius 1 is 1.22 bits per heavy atom. The van der Waals surface area contributed by atoms with Gasteiger partial charge in [-0.25, -0.2) is 4.68 Å². The summed E-state index contributed by atoms with van der Waals surface area (Å²) in [6.07, 6.45) is 0. The highest BCUT2D eigenvalue weighted by atomic mass is 35.5. The largest absolute Gasteiger partial charge is 0.419 e. The fourth-order valence-electron chi connectivity index (χ4n) is 2.46. The Bertz CT molecular complexity index is 1030. The highest BCUT2D eigenvalue weighted by Crippen LogP contribution is 2.26. The zero-order chi connectivity index (χ0) is 19.6. The molecule has 3 rings (SSSR count). The van der Waals surface area contributed by atoms with Crippen molar-refractivity contribution in [2.24, 2.45) is 7.05 Å². The normalized spacial score (nSPS) is 11.0. The third-order valence-corrected chi connectivity index (χ3v) is 4.27. The molecule has 0 aliphatic carbocycles. The number of rotatable bonds is 5. The SMILES string of the molecule is CC(C)N(Cc1nnc(-c2ccccc2Cl)o1)C(=O)c1ccc(=O)n(C)n1. The molecule has 0 atom stereocenters.